The van der Waals surface area contributed by atoms with Gasteiger partial charge in [-0.1, -0.05) is 34.8 Å². The number of oxazole rings is 1. The van der Waals surface area contributed by atoms with Crippen LogP contribution in [-0.4, -0.2) is 34.9 Å². The van der Waals surface area contributed by atoms with Gasteiger partial charge in [0, 0.05) is 16.0 Å². The molecule has 1 amide bonds. The van der Waals surface area contributed by atoms with E-state index in [4.69, 9.17) is 39.2 Å². The summed E-state index contributed by atoms with van der Waals surface area (Å²) in [6, 6.07) is 10.2. The second-order valence-corrected chi connectivity index (χ2v) is 8.54. The van der Waals surface area contributed by atoms with Crippen LogP contribution < -0.4 is 5.32 Å². The van der Waals surface area contributed by atoms with Crippen LogP contribution in [0.3, 0.4) is 0 Å². The maximum atomic E-state index is 12.7. The second kappa shape index (κ2) is 8.52. The number of aromatic nitrogens is 1. The zero-order valence-electron chi connectivity index (χ0n) is 15.8. The number of nitrogens with one attached hydrogen (secondary N) is 1. The Labute approximate surface area is 183 Å². The van der Waals surface area contributed by atoms with Crippen molar-refractivity contribution in [2.24, 2.45) is 0 Å². The van der Waals surface area contributed by atoms with Crippen molar-refractivity contribution in [3.05, 3.63) is 57.4 Å². The highest BCUT2D eigenvalue weighted by molar-refractivity contribution is 6.35. The molecule has 1 fully saturated rings. The van der Waals surface area contributed by atoms with Gasteiger partial charge in [-0.05, 0) is 69.3 Å². The Kier molecular flexibility index (Phi) is 6.02. The highest BCUT2D eigenvalue weighted by Crippen LogP contribution is 2.32. The summed E-state index contributed by atoms with van der Waals surface area (Å²) in [5, 5.41) is 4.51. The standard InChI is InChI=1S/C21H20Cl3N3O2/c1-12(20(28)25-17-10-14(22)2-4-16(17)24)27-8-6-13(7-9-27)21-26-18-11-15(23)3-5-19(18)29-21/h2-5,10-13H,6-9H2,1H3,(H,25,28)/t12-/m0/s1. The summed E-state index contributed by atoms with van der Waals surface area (Å²) < 4.78 is 5.91. The molecule has 3 aromatic rings. The molecule has 0 unspecified atom stereocenters. The highest BCUT2D eigenvalue weighted by atomic mass is 35.5. The van der Waals surface area contributed by atoms with Gasteiger partial charge in [-0.3, -0.25) is 9.69 Å². The third kappa shape index (κ3) is 4.53. The van der Waals surface area contributed by atoms with Gasteiger partial charge >= 0.3 is 0 Å². The zero-order valence-corrected chi connectivity index (χ0v) is 18.1. The van der Waals surface area contributed by atoms with Gasteiger partial charge in [0.2, 0.25) is 5.91 Å². The van der Waals surface area contributed by atoms with E-state index in [-0.39, 0.29) is 17.9 Å². The summed E-state index contributed by atoms with van der Waals surface area (Å²) in [5.74, 6) is 0.865. The van der Waals surface area contributed by atoms with Gasteiger partial charge in [-0.25, -0.2) is 4.98 Å². The summed E-state index contributed by atoms with van der Waals surface area (Å²) in [6.45, 7) is 3.46. The Balaban J connectivity index is 1.38. The van der Waals surface area contributed by atoms with Crippen LogP contribution in [0.4, 0.5) is 5.69 Å². The molecule has 4 rings (SSSR count). The van der Waals surface area contributed by atoms with Crippen LogP contribution in [0.5, 0.6) is 0 Å². The van der Waals surface area contributed by atoms with Crippen LogP contribution in [0.25, 0.3) is 11.1 Å². The van der Waals surface area contributed by atoms with Gasteiger partial charge in [0.05, 0.1) is 16.8 Å². The first kappa shape index (κ1) is 20.5. The minimum Gasteiger partial charge on any atom is -0.440 e. The summed E-state index contributed by atoms with van der Waals surface area (Å²) in [5.41, 5.74) is 2.05. The van der Waals surface area contributed by atoms with Crippen molar-refractivity contribution in [2.75, 3.05) is 18.4 Å². The molecule has 1 atom stereocenters. The van der Waals surface area contributed by atoms with E-state index in [0.29, 0.717) is 20.8 Å². The van der Waals surface area contributed by atoms with Crippen molar-refractivity contribution in [3.8, 4) is 0 Å². The number of nitrogens with zero attached hydrogens (tertiary/aromatic N) is 2. The van der Waals surface area contributed by atoms with Crippen LogP contribution in [0.2, 0.25) is 15.1 Å². The van der Waals surface area contributed by atoms with Crippen molar-refractivity contribution in [1.29, 1.82) is 0 Å². The minimum atomic E-state index is -0.284. The van der Waals surface area contributed by atoms with Gasteiger partial charge in [-0.15, -0.1) is 0 Å². The number of amides is 1. The molecular formula is C21H20Cl3N3O2. The average molecular weight is 453 g/mol. The van der Waals surface area contributed by atoms with Crippen molar-refractivity contribution in [3.63, 3.8) is 0 Å². The number of fused-ring (bicyclic) bond motifs is 1. The van der Waals surface area contributed by atoms with E-state index < -0.39 is 0 Å². The van der Waals surface area contributed by atoms with E-state index in [1.165, 1.54) is 0 Å². The van der Waals surface area contributed by atoms with Crippen LogP contribution >= 0.6 is 34.8 Å². The summed E-state index contributed by atoms with van der Waals surface area (Å²) in [7, 11) is 0. The van der Waals surface area contributed by atoms with Crippen LogP contribution in [-0.2, 0) is 4.79 Å². The molecule has 0 radical (unpaired) electrons. The van der Waals surface area contributed by atoms with E-state index >= 15 is 0 Å². The largest absolute Gasteiger partial charge is 0.440 e. The van der Waals surface area contributed by atoms with E-state index in [1.54, 1.807) is 24.3 Å². The molecule has 1 saturated heterocycles. The number of hydrogen-bond acceptors (Lipinski definition) is 4. The van der Waals surface area contributed by atoms with Crippen LogP contribution in [0.15, 0.2) is 40.8 Å². The fourth-order valence-electron chi connectivity index (χ4n) is 3.62. The van der Waals surface area contributed by atoms with Crippen molar-refractivity contribution >= 4 is 57.5 Å². The average Bonchev–Trinajstić information content (AvgIpc) is 3.13. The van der Waals surface area contributed by atoms with Crippen molar-refractivity contribution < 1.29 is 9.21 Å². The first-order valence-electron chi connectivity index (χ1n) is 9.46. The molecule has 1 aromatic heterocycles. The number of carbonyl (C=O) groups excluding carboxylic acids is 1. The maximum absolute atomic E-state index is 12.7. The number of hydrogen-bond donors (Lipinski definition) is 1. The molecular weight excluding hydrogens is 433 g/mol. The normalized spacial score (nSPS) is 16.8. The zero-order chi connectivity index (χ0) is 20.5. The van der Waals surface area contributed by atoms with Gasteiger partial charge < -0.3 is 9.73 Å². The Morgan fingerprint density at radius 3 is 2.59 bits per heavy atom. The van der Waals surface area contributed by atoms with Gasteiger partial charge in [-0.2, -0.15) is 0 Å². The highest BCUT2D eigenvalue weighted by Gasteiger charge is 2.29. The Hall–Kier alpha value is -1.79. The number of anilines is 1. The van der Waals surface area contributed by atoms with E-state index in [1.807, 2.05) is 19.1 Å². The Bertz CT molecular complexity index is 1040. The van der Waals surface area contributed by atoms with Crippen molar-refractivity contribution in [1.82, 2.24) is 9.88 Å². The predicted molar refractivity (Wildman–Crippen MR) is 117 cm³/mol. The number of likely N-dealkylation sites (tertiary alicyclic amines) is 1. The fraction of sp³-hybridized carbons (Fsp3) is 0.333. The molecule has 8 heteroatoms. The minimum absolute atomic E-state index is 0.107. The molecule has 29 heavy (non-hydrogen) atoms. The molecule has 0 saturated carbocycles. The molecule has 5 nitrogen and oxygen atoms in total. The SMILES string of the molecule is C[C@@H](C(=O)Nc1cc(Cl)ccc1Cl)N1CCC(c2nc3cc(Cl)ccc3o2)CC1. The van der Waals surface area contributed by atoms with E-state index in [0.717, 1.165) is 42.9 Å². The first-order valence-corrected chi connectivity index (χ1v) is 10.6. The Morgan fingerprint density at radius 1 is 1.14 bits per heavy atom. The number of piperidine rings is 1. The molecule has 0 aliphatic carbocycles. The number of carbonyl (C=O) groups is 1. The lowest BCUT2D eigenvalue weighted by Crippen LogP contribution is -2.45. The van der Waals surface area contributed by atoms with Gasteiger partial charge in [0.25, 0.3) is 0 Å². The maximum Gasteiger partial charge on any atom is 0.241 e. The molecule has 0 bridgehead atoms. The number of benzene rings is 2. The quantitative estimate of drug-likeness (QED) is 0.528. The van der Waals surface area contributed by atoms with Crippen molar-refractivity contribution in [2.45, 2.75) is 31.7 Å². The molecule has 152 valence electrons. The predicted octanol–water partition coefficient (Wildman–Crippen LogP) is 5.99. The number of halogens is 3. The smallest absolute Gasteiger partial charge is 0.241 e. The third-order valence-corrected chi connectivity index (χ3v) is 6.16. The molecule has 2 heterocycles. The lowest BCUT2D eigenvalue weighted by Gasteiger charge is -2.34. The lowest BCUT2D eigenvalue weighted by molar-refractivity contribution is -0.121. The summed E-state index contributed by atoms with van der Waals surface area (Å²) >= 11 is 18.2. The van der Waals surface area contributed by atoms with Gasteiger partial charge in [0.15, 0.2) is 11.5 Å². The van der Waals surface area contributed by atoms with Crippen LogP contribution in [0, 0.1) is 0 Å². The molecule has 1 aliphatic rings. The molecule has 2 aromatic carbocycles. The molecule has 1 aliphatic heterocycles. The Morgan fingerprint density at radius 2 is 1.83 bits per heavy atom. The molecule has 1 N–H and O–H groups in total. The van der Waals surface area contributed by atoms with Crippen LogP contribution in [0.1, 0.15) is 31.6 Å². The molecule has 0 spiro atoms. The topological polar surface area (TPSA) is 58.4 Å². The summed E-state index contributed by atoms with van der Waals surface area (Å²) in [6.07, 6.45) is 1.74. The lowest BCUT2D eigenvalue weighted by atomic mass is 9.95. The fourth-order valence-corrected chi connectivity index (χ4v) is 4.13. The van der Waals surface area contributed by atoms with Gasteiger partial charge in [0.1, 0.15) is 5.52 Å². The van der Waals surface area contributed by atoms with E-state index in [9.17, 15) is 4.79 Å². The summed E-state index contributed by atoms with van der Waals surface area (Å²) in [4.78, 5) is 19.4. The third-order valence-electron chi connectivity index (χ3n) is 5.36. The number of rotatable bonds is 4. The second-order valence-electron chi connectivity index (χ2n) is 7.26. The first-order chi connectivity index (χ1) is 13.9. The monoisotopic (exact) mass is 451 g/mol. The van der Waals surface area contributed by atoms with E-state index in [2.05, 4.69) is 15.2 Å².